The average molecular weight is 838 g/mol. The fourth-order valence-electron chi connectivity index (χ4n) is 6.07. The first kappa shape index (κ1) is 57.3. The van der Waals surface area contributed by atoms with E-state index in [-0.39, 0.29) is 47.0 Å². The molecule has 315 valence electrons. The van der Waals surface area contributed by atoms with Gasteiger partial charge in [0.15, 0.2) is 0 Å². The Morgan fingerprint density at radius 1 is 0.688 bits per heavy atom. The van der Waals surface area contributed by atoms with Gasteiger partial charge in [-0.25, -0.2) is 0 Å². The van der Waals surface area contributed by atoms with Gasteiger partial charge in [0, 0.05) is 95.7 Å². The summed E-state index contributed by atoms with van der Waals surface area (Å²) in [7, 11) is 33.5. The van der Waals surface area contributed by atoms with Crippen LogP contribution in [0.2, 0.25) is 0 Å². The van der Waals surface area contributed by atoms with Crippen LogP contribution in [0.4, 0.5) is 0 Å². The fourth-order valence-corrected chi connectivity index (χ4v) is 6.07. The van der Waals surface area contributed by atoms with Gasteiger partial charge in [0.05, 0.1) is 17.3 Å². The predicted octanol–water partition coefficient (Wildman–Crippen LogP) is 7.51. The minimum absolute atomic E-state index is 0. The number of nitriles is 1. The summed E-state index contributed by atoms with van der Waals surface area (Å²) >= 11 is 0. The highest BCUT2D eigenvalue weighted by Crippen LogP contribution is 2.42. The van der Waals surface area contributed by atoms with Crippen LogP contribution in [0.25, 0.3) is 22.8 Å². The summed E-state index contributed by atoms with van der Waals surface area (Å²) in [6.07, 6.45) is -0.760. The van der Waals surface area contributed by atoms with Crippen LogP contribution in [-0.2, 0) is 21.7 Å². The van der Waals surface area contributed by atoms with E-state index >= 15 is 0 Å². The third kappa shape index (κ3) is 17.0. The summed E-state index contributed by atoms with van der Waals surface area (Å²) in [5, 5.41) is 45.2. The lowest BCUT2D eigenvalue weighted by Gasteiger charge is -2.26. The van der Waals surface area contributed by atoms with Crippen molar-refractivity contribution in [2.75, 3.05) is 0 Å². The molecule has 0 spiro atoms. The summed E-state index contributed by atoms with van der Waals surface area (Å²) in [6, 6.07) is 29.0. The van der Waals surface area contributed by atoms with E-state index in [1.165, 1.54) is 13.3 Å². The lowest BCUT2D eigenvalue weighted by atomic mass is 8.56. The molecule has 0 aliphatic carbocycles. The van der Waals surface area contributed by atoms with Crippen LogP contribution in [0.1, 0.15) is 124 Å². The Balaban J connectivity index is 0.000000464. The van der Waals surface area contributed by atoms with E-state index in [2.05, 4.69) is 89.7 Å². The minimum Gasteiger partial charge on any atom is -0.507 e. The van der Waals surface area contributed by atoms with E-state index in [1.807, 2.05) is 93.6 Å². The van der Waals surface area contributed by atoms with E-state index in [0.717, 1.165) is 33.4 Å². The Morgan fingerprint density at radius 3 is 1.53 bits per heavy atom. The first-order chi connectivity index (χ1) is 29.1. The molecule has 0 amide bonds. The van der Waals surface area contributed by atoms with E-state index in [0.29, 0.717) is 22.8 Å². The lowest BCUT2D eigenvalue weighted by molar-refractivity contribution is 0.322. The Bertz CT molecular complexity index is 2250. The van der Waals surface area contributed by atoms with Crippen molar-refractivity contribution in [3.05, 3.63) is 118 Å². The zero-order valence-electron chi connectivity index (χ0n) is 39.0. The van der Waals surface area contributed by atoms with E-state index in [4.69, 9.17) is 61.4 Å². The van der Waals surface area contributed by atoms with Crippen molar-refractivity contribution >= 4 is 85.2 Å². The van der Waals surface area contributed by atoms with Gasteiger partial charge in [-0.3, -0.25) is 0 Å². The molecule has 0 saturated heterocycles. The van der Waals surface area contributed by atoms with Gasteiger partial charge in [0.1, 0.15) is 17.6 Å². The van der Waals surface area contributed by atoms with E-state index in [9.17, 15) is 10.2 Å². The van der Waals surface area contributed by atoms with Gasteiger partial charge in [-0.1, -0.05) is 174 Å². The highest BCUT2D eigenvalue weighted by atomic mass is 16.5. The maximum Gasteiger partial charge on any atom is 0.262 e. The van der Waals surface area contributed by atoms with Crippen molar-refractivity contribution in [2.24, 2.45) is 5.16 Å². The number of hydrogen-bond donors (Lipinski definition) is 3. The molecule has 0 atom stereocenters. The highest BCUT2D eigenvalue weighted by Gasteiger charge is 2.29. The van der Waals surface area contributed by atoms with Crippen LogP contribution in [0.3, 0.4) is 0 Å². The number of phenols is 2. The molecule has 8 nitrogen and oxygen atoms in total. The summed E-state index contributed by atoms with van der Waals surface area (Å²) in [5.74, 6) is 1.16. The van der Waals surface area contributed by atoms with E-state index < -0.39 is 19.2 Å². The van der Waals surface area contributed by atoms with Crippen molar-refractivity contribution in [1.29, 1.82) is 5.26 Å². The number of rotatable bonds is 7. The van der Waals surface area contributed by atoms with Crippen LogP contribution >= 0.6 is 0 Å². The Morgan fingerprint density at radius 2 is 1.14 bits per heavy atom. The fraction of sp³-hybridized carbons (Fsp3) is 0.378. The molecule has 0 fully saturated rings. The van der Waals surface area contributed by atoms with Crippen molar-refractivity contribution in [3.63, 3.8) is 0 Å². The van der Waals surface area contributed by atoms with E-state index in [1.54, 1.807) is 6.07 Å². The Kier molecular flexibility index (Phi) is 22.0. The van der Waals surface area contributed by atoms with Crippen LogP contribution < -0.4 is 0 Å². The normalized spacial score (nSPS) is 11.2. The minimum atomic E-state index is -0.648. The highest BCUT2D eigenvalue weighted by molar-refractivity contribution is 8.01. The number of benzene rings is 4. The molecule has 0 bridgehead atoms. The molecule has 5 rings (SSSR count). The number of hydrogen-bond acceptors (Lipinski definition) is 8. The molecule has 64 heavy (non-hydrogen) atoms. The lowest BCUT2D eigenvalue weighted by Crippen LogP contribution is -2.63. The molecule has 13 radical (unpaired) electrons. The zero-order chi connectivity index (χ0) is 48.1. The second kappa shape index (κ2) is 24.5. The van der Waals surface area contributed by atoms with Gasteiger partial charge in [-0.05, 0) is 50.5 Å². The molecule has 5 aromatic rings. The van der Waals surface area contributed by atoms with Crippen molar-refractivity contribution in [2.45, 2.75) is 112 Å². The SMILES string of the molecule is C.CC(C)(C)c1cc(-c2nc(-c3ccccc3)no2)c(O)c(C(C)(C)C)c1.CC(C)(C)c1cc(C#N)c(O)c(C(C)(C)C)c1.O/N=C/c1ccccc1.[B][B]B([B])B(B([B])[B])B([B])[B]. The van der Waals surface area contributed by atoms with Crippen LogP contribution in [-0.4, -0.2) is 111 Å². The summed E-state index contributed by atoms with van der Waals surface area (Å²) in [5.41, 5.74) is 6.17. The van der Waals surface area contributed by atoms with Gasteiger partial charge >= 0.3 is 0 Å². The van der Waals surface area contributed by atoms with Gasteiger partial charge in [0.2, 0.25) is 5.82 Å². The molecule has 0 saturated carbocycles. The summed E-state index contributed by atoms with van der Waals surface area (Å²) in [4.78, 5) is 4.52. The maximum atomic E-state index is 10.9. The number of oxime groups is 1. The Hall–Kier alpha value is -4.71. The topological polar surface area (TPSA) is 136 Å². The van der Waals surface area contributed by atoms with Crippen LogP contribution in [0.5, 0.6) is 11.5 Å². The third-order valence-corrected chi connectivity index (χ3v) is 9.94. The first-order valence-electron chi connectivity index (χ1n) is 20.7. The molecular formula is C45H58B11N4O4. The monoisotopic (exact) mass is 840 g/mol. The second-order valence-corrected chi connectivity index (χ2v) is 19.4. The van der Waals surface area contributed by atoms with Crippen molar-refractivity contribution in [1.82, 2.24) is 10.1 Å². The third-order valence-electron chi connectivity index (χ3n) is 9.94. The number of aromatic hydroxyl groups is 2. The molecule has 1 aromatic heterocycles. The quantitative estimate of drug-likeness (QED) is 0.0669. The largest absolute Gasteiger partial charge is 0.507 e. The molecule has 3 N–H and O–H groups in total. The number of aromatic nitrogens is 2. The maximum absolute atomic E-state index is 10.9. The van der Waals surface area contributed by atoms with Crippen molar-refractivity contribution < 1.29 is 19.9 Å². The first-order valence-corrected chi connectivity index (χ1v) is 20.7. The van der Waals surface area contributed by atoms with Gasteiger partial charge in [-0.2, -0.15) is 10.2 Å². The smallest absolute Gasteiger partial charge is 0.262 e. The standard InChI is InChI=1S/C22H26N2O2.C15H21NO.C7H7NO.CH4.B11/c1-21(2,3)15-12-16(18(25)17(13-15)22(4,5)6)20-23-19(24-26-20)14-10-8-7-9-11-14;1-14(2,3)11-7-10(9-16)13(17)12(8-11)15(4,5)6;9-8-6-7-4-2-1-3-5-7;;1-7-10(6)11(8(2)3)9(4)5/h7-13,25H,1-6H3;7-8,17H,1-6H3;1-6,9H;1H4;/b;;8-6+;;. The average Bonchev–Trinajstić information content (AvgIpc) is 3.68. The van der Waals surface area contributed by atoms with Gasteiger partial charge in [0.25, 0.3) is 5.89 Å². The van der Waals surface area contributed by atoms with Gasteiger partial charge < -0.3 is 19.9 Å². The number of nitrogens with zero attached hydrogens (tertiary/aromatic N) is 4. The Labute approximate surface area is 394 Å². The summed E-state index contributed by atoms with van der Waals surface area (Å²) < 4.78 is 5.50. The van der Waals surface area contributed by atoms with Crippen LogP contribution in [0.15, 0.2) is 94.6 Å². The zero-order valence-corrected chi connectivity index (χ0v) is 39.0. The molecule has 19 heteroatoms. The second-order valence-electron chi connectivity index (χ2n) is 19.4. The molecule has 4 aromatic carbocycles. The molecule has 1 heterocycles. The van der Waals surface area contributed by atoms with Gasteiger partial charge in [-0.15, -0.1) is 0 Å². The van der Waals surface area contributed by atoms with Crippen LogP contribution in [0, 0.1) is 11.3 Å². The molecule has 0 aliphatic heterocycles. The predicted molar refractivity (Wildman–Crippen MR) is 280 cm³/mol. The molecule has 0 unspecified atom stereocenters. The number of phenolic OH excluding ortho intramolecular Hbond substituents is 2. The van der Waals surface area contributed by atoms with Crippen molar-refractivity contribution in [3.8, 4) is 40.4 Å². The molecule has 0 aliphatic rings. The molecular weight excluding hydrogens is 779 g/mol. The summed E-state index contributed by atoms with van der Waals surface area (Å²) in [6.45, 7) is 25.1.